The van der Waals surface area contributed by atoms with E-state index >= 15 is 4.57 Å². The topological polar surface area (TPSA) is 63.9 Å². The smallest absolute Gasteiger partial charge is 0.171 e. The lowest BCUT2D eigenvalue weighted by molar-refractivity contribution is 0.592. The number of nitrogens with zero attached hydrogens (tertiary/aromatic N) is 5. The summed E-state index contributed by atoms with van der Waals surface area (Å²) in [7, 11) is -3.18. The number of benzene rings is 24. The minimum absolute atomic E-state index is 0.263. The standard InChI is InChI=1S/C49H34N2.C47H30N2.C47H32NOP/c1-3-15-34(16-4-1)47-31-44(49-39-21-8-7-14-33(39)26-29-46(49)50-47)36-18-13-17-35(30-36)38-27-28-42(41-23-10-9-22-40(38)41)45-32-51(37-19-5-2-6-20-37)48-25-12-11-24-43(45)48;1-2-14-32(15-3-1)43-30-41(47-36-18-5-4-13-31(36)25-27-42(47)48-43)34-17-12-16-33(29-34)35-26-28-46(38-20-7-6-19-37(35)38)49-44-23-10-8-21-39(44)40-22-9-11-24-45(40)49;49-50(37-20-6-2-7-21-37,38-22-8-3-9-23-38)46-30-28-39(41-25-12-13-26-42(41)46)35-18-14-19-36(31-35)43-32-45(34-16-4-1-5-17-34)48-44-29-27-33-15-10-11-24-40(33)47(43)44/h1-31,45H,32H2;1-30H;1-32H. The fourth-order valence-electron chi connectivity index (χ4n) is 23.4. The first-order chi connectivity index (χ1) is 74.3. The van der Waals surface area contributed by atoms with Gasteiger partial charge in [-0.2, -0.15) is 0 Å². The van der Waals surface area contributed by atoms with Gasteiger partial charge in [0, 0.05) is 88.8 Å². The molecule has 0 N–H and O–H groups in total. The number of fused-ring (bicyclic) bond motifs is 16. The largest absolute Gasteiger partial charge is 0.340 e. The van der Waals surface area contributed by atoms with Gasteiger partial charge in [-0.15, -0.1) is 0 Å². The zero-order valence-electron chi connectivity index (χ0n) is 82.1. The Kier molecular flexibility index (Phi) is 23.0. The third-order valence-electron chi connectivity index (χ3n) is 30.3. The Labute approximate surface area is 870 Å². The maximum Gasteiger partial charge on any atom is 0.171 e. The van der Waals surface area contributed by atoms with Crippen LogP contribution >= 0.6 is 7.14 Å². The van der Waals surface area contributed by atoms with Gasteiger partial charge in [-0.1, -0.05) is 467 Å². The Morgan fingerprint density at radius 3 is 0.953 bits per heavy atom. The van der Waals surface area contributed by atoms with Crippen LogP contribution < -0.4 is 20.8 Å². The van der Waals surface area contributed by atoms with Crippen LogP contribution in [0.1, 0.15) is 17.0 Å². The number of hydrogen-bond donors (Lipinski definition) is 0. The van der Waals surface area contributed by atoms with E-state index in [1.165, 1.54) is 159 Å². The van der Waals surface area contributed by atoms with Gasteiger partial charge in [-0.05, 0) is 234 Å². The maximum absolute atomic E-state index is 15.5. The molecule has 1 aliphatic rings. The molecule has 24 aromatic carbocycles. The SMILES string of the molecule is O=P(c1ccccc1)(c1ccccc1)c1ccc(-c2cccc(-c3cc(-c4ccccc4)nc4ccc5ccccc5c34)c2)c2ccccc12.c1ccc(-c2cc(-c3cccc(-c4ccc(-n5c6ccccc6c6ccccc65)c5ccccc45)c3)c3c(ccc4ccccc43)n2)cc1.c1ccc(-c2cc(-c3cccc(-c4ccc(C5CN(c6ccccc6)c6ccccc65)c5ccccc45)c3)c3c(ccc4ccccc43)n2)cc1. The van der Waals surface area contributed by atoms with Crippen molar-refractivity contribution < 1.29 is 4.57 Å². The summed E-state index contributed by atoms with van der Waals surface area (Å²) in [6.07, 6.45) is 0. The van der Waals surface area contributed by atoms with E-state index in [9.17, 15) is 0 Å². The summed E-state index contributed by atoms with van der Waals surface area (Å²) >= 11 is 0. The van der Waals surface area contributed by atoms with Crippen molar-refractivity contribution in [1.82, 2.24) is 19.5 Å². The molecule has 0 fully saturated rings. The van der Waals surface area contributed by atoms with Gasteiger partial charge in [-0.3, -0.25) is 0 Å². The molecule has 704 valence electrons. The average molecular weight is 1930 g/mol. The number of rotatable bonds is 15. The lowest BCUT2D eigenvalue weighted by atomic mass is 9.86. The molecule has 6 nitrogen and oxygen atoms in total. The molecule has 1 unspecified atom stereocenters. The molecular weight excluding hydrogens is 1830 g/mol. The number of para-hydroxylation sites is 4. The van der Waals surface area contributed by atoms with Crippen LogP contribution in [0.15, 0.2) is 564 Å². The Morgan fingerprint density at radius 1 is 0.207 bits per heavy atom. The van der Waals surface area contributed by atoms with Crippen molar-refractivity contribution in [3.63, 3.8) is 0 Å². The van der Waals surface area contributed by atoms with Crippen molar-refractivity contribution in [2.24, 2.45) is 0 Å². The van der Waals surface area contributed by atoms with Crippen molar-refractivity contribution in [1.29, 1.82) is 0 Å². The second-order valence-electron chi connectivity index (χ2n) is 38.9. The molecule has 4 aromatic heterocycles. The number of pyridine rings is 3. The van der Waals surface area contributed by atoms with Gasteiger partial charge in [0.2, 0.25) is 0 Å². The van der Waals surface area contributed by atoms with Crippen molar-refractivity contribution >= 4 is 154 Å². The van der Waals surface area contributed by atoms with Crippen LogP contribution in [0.5, 0.6) is 0 Å². The van der Waals surface area contributed by atoms with E-state index in [0.717, 1.165) is 111 Å². The van der Waals surface area contributed by atoms with Crippen LogP contribution in [0.3, 0.4) is 0 Å². The molecule has 0 saturated heterocycles. The Hall–Kier alpha value is -19.1. The van der Waals surface area contributed by atoms with Gasteiger partial charge in [0.1, 0.15) is 0 Å². The molecule has 0 spiro atoms. The van der Waals surface area contributed by atoms with Crippen molar-refractivity contribution in [2.75, 3.05) is 11.4 Å². The molecule has 150 heavy (non-hydrogen) atoms. The third kappa shape index (κ3) is 16.1. The first-order valence-corrected chi connectivity index (χ1v) is 53.1. The molecule has 28 aromatic rings. The molecule has 0 bridgehead atoms. The molecule has 1 aliphatic heterocycles. The van der Waals surface area contributed by atoms with Gasteiger partial charge in [0.15, 0.2) is 7.14 Å². The Morgan fingerprint density at radius 2 is 0.520 bits per heavy atom. The van der Waals surface area contributed by atoms with Gasteiger partial charge in [0.25, 0.3) is 0 Å². The molecular formula is C143H96N5OP. The molecule has 0 amide bonds. The van der Waals surface area contributed by atoms with Crippen LogP contribution in [0.4, 0.5) is 11.4 Å². The summed E-state index contributed by atoms with van der Waals surface area (Å²) in [6, 6.07) is 201. The molecule has 1 atom stereocenters. The van der Waals surface area contributed by atoms with Gasteiger partial charge in [0.05, 0.1) is 50.4 Å². The highest BCUT2D eigenvalue weighted by atomic mass is 31.2. The Balaban J connectivity index is 0.000000111. The zero-order chi connectivity index (χ0) is 99.5. The fourth-order valence-corrected chi connectivity index (χ4v) is 26.2. The monoisotopic (exact) mass is 1930 g/mol. The van der Waals surface area contributed by atoms with Crippen molar-refractivity contribution in [3.8, 4) is 106 Å². The van der Waals surface area contributed by atoms with E-state index < -0.39 is 7.14 Å². The summed E-state index contributed by atoms with van der Waals surface area (Å²) in [6.45, 7) is 0.912. The third-order valence-corrected chi connectivity index (χ3v) is 33.4. The minimum Gasteiger partial charge on any atom is -0.340 e. The summed E-state index contributed by atoms with van der Waals surface area (Å²) in [5.74, 6) is 0.263. The zero-order valence-corrected chi connectivity index (χ0v) is 83.0. The van der Waals surface area contributed by atoms with Gasteiger partial charge in [-0.25, -0.2) is 15.0 Å². The second kappa shape index (κ2) is 38.5. The van der Waals surface area contributed by atoms with E-state index in [2.05, 4.69) is 501 Å². The molecule has 29 rings (SSSR count). The quantitative estimate of drug-likeness (QED) is 0.0756. The average Bonchev–Trinajstić information content (AvgIpc) is 1.53. The normalized spacial score (nSPS) is 12.5. The van der Waals surface area contributed by atoms with Crippen LogP contribution in [0.25, 0.3) is 225 Å². The summed E-state index contributed by atoms with van der Waals surface area (Å²) in [5.41, 5.74) is 32.2. The van der Waals surface area contributed by atoms with E-state index in [1.54, 1.807) is 0 Å². The Bertz CT molecular complexity index is 10100. The van der Waals surface area contributed by atoms with E-state index in [4.69, 9.17) is 15.0 Å². The molecule has 7 heteroatoms. The van der Waals surface area contributed by atoms with E-state index in [0.29, 0.717) is 0 Å². The number of hydrogen-bond acceptors (Lipinski definition) is 5. The molecule has 0 aliphatic carbocycles. The molecule has 5 heterocycles. The first kappa shape index (κ1) is 89.7. The predicted molar refractivity (Wildman–Crippen MR) is 635 cm³/mol. The summed E-state index contributed by atoms with van der Waals surface area (Å²) in [4.78, 5) is 18.0. The van der Waals surface area contributed by atoms with E-state index in [-0.39, 0.29) is 5.92 Å². The van der Waals surface area contributed by atoms with Crippen LogP contribution in [-0.4, -0.2) is 26.1 Å². The van der Waals surface area contributed by atoms with Crippen LogP contribution in [0, 0.1) is 0 Å². The van der Waals surface area contributed by atoms with E-state index in [1.807, 2.05) is 72.8 Å². The van der Waals surface area contributed by atoms with Gasteiger partial charge >= 0.3 is 0 Å². The highest BCUT2D eigenvalue weighted by Crippen LogP contribution is 2.52. The highest BCUT2D eigenvalue weighted by molar-refractivity contribution is 7.85. The second-order valence-corrected chi connectivity index (χ2v) is 41.6. The number of aromatic nitrogens is 4. The highest BCUT2D eigenvalue weighted by Gasteiger charge is 2.35. The molecule has 0 saturated carbocycles. The minimum atomic E-state index is -3.18. The van der Waals surface area contributed by atoms with Crippen LogP contribution in [0.2, 0.25) is 0 Å². The summed E-state index contributed by atoms with van der Waals surface area (Å²) < 4.78 is 17.9. The first-order valence-electron chi connectivity index (χ1n) is 51.4. The summed E-state index contributed by atoms with van der Waals surface area (Å²) in [5, 5.41) is 22.9. The van der Waals surface area contributed by atoms with Crippen molar-refractivity contribution in [2.45, 2.75) is 5.92 Å². The number of anilines is 2. The molecule has 0 radical (unpaired) electrons. The van der Waals surface area contributed by atoms with Gasteiger partial charge < -0.3 is 14.0 Å². The lowest BCUT2D eigenvalue weighted by Crippen LogP contribution is -2.25. The lowest BCUT2D eigenvalue weighted by Gasteiger charge is -2.23. The van der Waals surface area contributed by atoms with Crippen molar-refractivity contribution in [3.05, 3.63) is 575 Å². The fraction of sp³-hybridized carbons (Fsp3) is 0.0140. The maximum atomic E-state index is 15.5. The van der Waals surface area contributed by atoms with Crippen LogP contribution in [-0.2, 0) is 4.57 Å². The predicted octanol–water partition coefficient (Wildman–Crippen LogP) is 36.6.